The zero-order valence-electron chi connectivity index (χ0n) is 15.0. The maximum Gasteiger partial charge on any atom is 0.231 e. The van der Waals surface area contributed by atoms with E-state index in [1.807, 2.05) is 0 Å². The highest BCUT2D eigenvalue weighted by Crippen LogP contribution is 2.59. The summed E-state index contributed by atoms with van der Waals surface area (Å²) in [7, 11) is 0. The number of benzene rings is 1. The summed E-state index contributed by atoms with van der Waals surface area (Å²) in [6, 6.07) is 0. The Kier molecular flexibility index (Phi) is 3.48. The Balaban J connectivity index is 2.03. The van der Waals surface area contributed by atoms with Crippen molar-refractivity contribution in [2.75, 3.05) is 6.79 Å². The van der Waals surface area contributed by atoms with E-state index in [4.69, 9.17) is 9.47 Å². The molecular weight excluding hydrogens is 284 g/mol. The minimum absolute atomic E-state index is 0.381. The van der Waals surface area contributed by atoms with E-state index in [9.17, 15) is 0 Å². The van der Waals surface area contributed by atoms with Crippen LogP contribution in [-0.4, -0.2) is 6.79 Å². The summed E-state index contributed by atoms with van der Waals surface area (Å²) in [4.78, 5) is 0. The molecule has 0 spiro atoms. The van der Waals surface area contributed by atoms with Gasteiger partial charge in [-0.05, 0) is 74.5 Å². The van der Waals surface area contributed by atoms with E-state index >= 15 is 0 Å². The molecule has 0 saturated carbocycles. The van der Waals surface area contributed by atoms with Gasteiger partial charge in [-0.2, -0.15) is 0 Å². The van der Waals surface area contributed by atoms with Gasteiger partial charge in [-0.3, -0.25) is 0 Å². The quantitative estimate of drug-likeness (QED) is 0.611. The van der Waals surface area contributed by atoms with Crippen LogP contribution in [0.1, 0.15) is 87.0 Å². The summed E-state index contributed by atoms with van der Waals surface area (Å²) in [6.45, 7) is 11.9. The van der Waals surface area contributed by atoms with Gasteiger partial charge in [-0.25, -0.2) is 0 Å². The molecule has 1 aromatic carbocycles. The molecule has 1 aliphatic heterocycles. The smallest absolute Gasteiger partial charge is 0.231 e. The maximum absolute atomic E-state index is 5.93. The number of ether oxygens (including phenoxy) is 2. The lowest BCUT2D eigenvalue weighted by Crippen LogP contribution is -2.28. The van der Waals surface area contributed by atoms with Crippen LogP contribution in [0, 0.1) is 12.8 Å². The third-order valence-corrected chi connectivity index (χ3v) is 6.17. The molecule has 0 radical (unpaired) electrons. The molecule has 2 heteroatoms. The Morgan fingerprint density at radius 1 is 1.00 bits per heavy atom. The van der Waals surface area contributed by atoms with Crippen molar-refractivity contribution in [2.24, 2.45) is 5.92 Å². The zero-order chi connectivity index (χ0) is 16.3. The van der Waals surface area contributed by atoms with E-state index in [0.29, 0.717) is 24.5 Å². The van der Waals surface area contributed by atoms with Crippen molar-refractivity contribution in [2.45, 2.75) is 71.6 Å². The number of hydrogen-bond acceptors (Lipinski definition) is 2. The van der Waals surface area contributed by atoms with Crippen LogP contribution in [0.15, 0.2) is 11.6 Å². The predicted molar refractivity (Wildman–Crippen MR) is 93.6 cm³/mol. The third-order valence-electron chi connectivity index (χ3n) is 6.17. The molecule has 4 atom stereocenters. The molecule has 0 aromatic heterocycles. The zero-order valence-corrected chi connectivity index (χ0v) is 15.0. The van der Waals surface area contributed by atoms with Crippen molar-refractivity contribution in [3.05, 3.63) is 33.9 Å². The van der Waals surface area contributed by atoms with Crippen LogP contribution in [0.25, 0.3) is 0 Å². The van der Waals surface area contributed by atoms with E-state index in [1.165, 1.54) is 36.0 Å². The van der Waals surface area contributed by atoms with Gasteiger partial charge in [0, 0.05) is 11.5 Å². The first-order valence-electron chi connectivity index (χ1n) is 9.09. The summed E-state index contributed by atoms with van der Waals surface area (Å²) < 4.78 is 11.8. The van der Waals surface area contributed by atoms with E-state index in [-0.39, 0.29) is 0 Å². The first kappa shape index (κ1) is 15.1. The second-order valence-corrected chi connectivity index (χ2v) is 8.08. The molecule has 1 heterocycles. The lowest BCUT2D eigenvalue weighted by atomic mass is 9.62. The Labute approximate surface area is 139 Å². The molecule has 1 aromatic rings. The minimum Gasteiger partial charge on any atom is -0.453 e. The molecule has 2 aliphatic carbocycles. The molecule has 4 rings (SSSR count). The van der Waals surface area contributed by atoms with Crippen LogP contribution in [0.5, 0.6) is 11.5 Å². The standard InChI is InChI=1S/C21H28O2/c1-11(2)8-15-9-13(4)16-7-6-12(3)17-19(16)18(15)14(5)20-21(17)23-10-22-20/h8,12-13,15-16H,6-7,9-10H2,1-5H3. The first-order chi connectivity index (χ1) is 11.0. The van der Waals surface area contributed by atoms with Crippen LogP contribution in [0.4, 0.5) is 0 Å². The average molecular weight is 312 g/mol. The van der Waals surface area contributed by atoms with Gasteiger partial charge in [0.2, 0.25) is 6.79 Å². The minimum atomic E-state index is 0.381. The Morgan fingerprint density at radius 2 is 1.74 bits per heavy atom. The van der Waals surface area contributed by atoms with Gasteiger partial charge in [0.25, 0.3) is 0 Å². The van der Waals surface area contributed by atoms with E-state index in [2.05, 4.69) is 40.7 Å². The SMILES string of the molecule is CC(C)=CC1CC(C)C2CCC(C)c3c4c(c(C)c1c32)OCO4. The highest BCUT2D eigenvalue weighted by molar-refractivity contribution is 5.65. The van der Waals surface area contributed by atoms with Gasteiger partial charge in [0.05, 0.1) is 0 Å². The number of rotatable bonds is 1. The molecule has 0 saturated heterocycles. The Bertz CT molecular complexity index is 682. The molecule has 0 N–H and O–H groups in total. The fraction of sp³-hybridized carbons (Fsp3) is 0.619. The van der Waals surface area contributed by atoms with Crippen molar-refractivity contribution >= 4 is 0 Å². The highest BCUT2D eigenvalue weighted by atomic mass is 16.7. The Morgan fingerprint density at radius 3 is 2.48 bits per heavy atom. The lowest BCUT2D eigenvalue weighted by molar-refractivity contribution is 0.172. The number of hydrogen-bond donors (Lipinski definition) is 0. The molecule has 2 nitrogen and oxygen atoms in total. The van der Waals surface area contributed by atoms with Crippen LogP contribution >= 0.6 is 0 Å². The Hall–Kier alpha value is -1.44. The van der Waals surface area contributed by atoms with Crippen LogP contribution in [-0.2, 0) is 0 Å². The molecule has 0 bridgehead atoms. The normalized spacial score (nSPS) is 30.8. The van der Waals surface area contributed by atoms with Crippen LogP contribution in [0.3, 0.4) is 0 Å². The number of fused-ring (bicyclic) bond motifs is 2. The van der Waals surface area contributed by atoms with Gasteiger partial charge in [-0.1, -0.05) is 25.5 Å². The van der Waals surface area contributed by atoms with Crippen LogP contribution < -0.4 is 9.47 Å². The van der Waals surface area contributed by atoms with Crippen LogP contribution in [0.2, 0.25) is 0 Å². The first-order valence-corrected chi connectivity index (χ1v) is 9.09. The molecule has 23 heavy (non-hydrogen) atoms. The number of allylic oxidation sites excluding steroid dienone is 2. The van der Waals surface area contributed by atoms with Gasteiger partial charge in [0.1, 0.15) is 0 Å². The summed E-state index contributed by atoms with van der Waals surface area (Å²) in [5.74, 6) is 4.63. The fourth-order valence-corrected chi connectivity index (χ4v) is 5.24. The van der Waals surface area contributed by atoms with E-state index < -0.39 is 0 Å². The topological polar surface area (TPSA) is 18.5 Å². The lowest BCUT2D eigenvalue weighted by Gasteiger charge is -2.43. The van der Waals surface area contributed by atoms with Crippen molar-refractivity contribution in [1.82, 2.24) is 0 Å². The molecule has 4 unspecified atom stereocenters. The van der Waals surface area contributed by atoms with E-state index in [0.717, 1.165) is 17.4 Å². The molecule has 124 valence electrons. The molecule has 0 amide bonds. The fourth-order valence-electron chi connectivity index (χ4n) is 5.24. The third kappa shape index (κ3) is 2.14. The predicted octanol–water partition coefficient (Wildman–Crippen LogP) is 5.79. The summed E-state index contributed by atoms with van der Waals surface area (Å²) >= 11 is 0. The summed E-state index contributed by atoms with van der Waals surface area (Å²) in [5, 5.41) is 0. The van der Waals surface area contributed by atoms with Gasteiger partial charge < -0.3 is 9.47 Å². The van der Waals surface area contributed by atoms with Crippen molar-refractivity contribution < 1.29 is 9.47 Å². The summed E-state index contributed by atoms with van der Waals surface area (Å²) in [5.41, 5.74) is 7.37. The second-order valence-electron chi connectivity index (χ2n) is 8.08. The summed E-state index contributed by atoms with van der Waals surface area (Å²) in [6.07, 6.45) is 6.32. The van der Waals surface area contributed by atoms with Crippen molar-refractivity contribution in [1.29, 1.82) is 0 Å². The monoisotopic (exact) mass is 312 g/mol. The van der Waals surface area contributed by atoms with Gasteiger partial charge >= 0.3 is 0 Å². The van der Waals surface area contributed by atoms with Gasteiger partial charge in [0.15, 0.2) is 11.5 Å². The molecule has 0 fully saturated rings. The molecule has 3 aliphatic rings. The van der Waals surface area contributed by atoms with Crippen molar-refractivity contribution in [3.8, 4) is 11.5 Å². The maximum atomic E-state index is 5.93. The highest BCUT2D eigenvalue weighted by Gasteiger charge is 2.42. The largest absolute Gasteiger partial charge is 0.453 e. The second kappa shape index (κ2) is 5.29. The van der Waals surface area contributed by atoms with Crippen molar-refractivity contribution in [3.63, 3.8) is 0 Å². The van der Waals surface area contributed by atoms with Gasteiger partial charge in [-0.15, -0.1) is 0 Å². The average Bonchev–Trinajstić information content (AvgIpc) is 2.95. The molecular formula is C21H28O2. The van der Waals surface area contributed by atoms with E-state index in [1.54, 1.807) is 11.1 Å².